The molecule has 2 aromatic heterocycles. The summed E-state index contributed by atoms with van der Waals surface area (Å²) in [5.41, 5.74) is 0.0320. The van der Waals surface area contributed by atoms with Crippen molar-refractivity contribution in [2.75, 3.05) is 7.05 Å². The van der Waals surface area contributed by atoms with Crippen LogP contribution in [0.3, 0.4) is 0 Å². The zero-order valence-corrected chi connectivity index (χ0v) is 12.3. The Morgan fingerprint density at radius 1 is 1.36 bits per heavy atom. The van der Waals surface area contributed by atoms with Crippen LogP contribution in [-0.2, 0) is 19.8 Å². The van der Waals surface area contributed by atoms with Crippen LogP contribution in [0.5, 0.6) is 0 Å². The summed E-state index contributed by atoms with van der Waals surface area (Å²) in [6, 6.07) is 1.98. The molecule has 0 aliphatic heterocycles. The maximum absolute atomic E-state index is 12.6. The Labute approximate surface area is 125 Å². The van der Waals surface area contributed by atoms with Crippen LogP contribution in [0.4, 0.5) is 13.2 Å². The molecule has 118 valence electrons. The molecule has 2 rings (SSSR count). The van der Waals surface area contributed by atoms with Crippen molar-refractivity contribution in [2.24, 2.45) is 7.05 Å². The Bertz CT molecular complexity index is 694. The lowest BCUT2D eigenvalue weighted by atomic mass is 10.1. The molecule has 0 unspecified atom stereocenters. The molecule has 0 saturated heterocycles. The number of alkyl halides is 3. The number of hydrogen-bond acceptors (Lipinski definition) is 3. The highest BCUT2D eigenvalue weighted by Crippen LogP contribution is 2.28. The lowest BCUT2D eigenvalue weighted by Gasteiger charge is -2.18. The van der Waals surface area contributed by atoms with Crippen LogP contribution < -0.4 is 0 Å². The molecule has 0 atom stereocenters. The summed E-state index contributed by atoms with van der Waals surface area (Å²) < 4.78 is 39.4. The smallest absolute Gasteiger partial charge is 0.337 e. The van der Waals surface area contributed by atoms with Gasteiger partial charge in [-0.1, -0.05) is 0 Å². The standard InChI is InChI=1S/C14H15F3N4O/c1-9-11(4-5-12(19-9)14(15,16)17)13(22)20(2)7-10-6-18-21(3)8-10/h4-6,8H,7H2,1-3H3. The quantitative estimate of drug-likeness (QED) is 0.874. The van der Waals surface area contributed by atoms with Crippen LogP contribution >= 0.6 is 0 Å². The normalized spacial score (nSPS) is 11.5. The third-order valence-electron chi connectivity index (χ3n) is 3.13. The Hall–Kier alpha value is -2.38. The lowest BCUT2D eigenvalue weighted by molar-refractivity contribution is -0.141. The molecule has 0 aromatic carbocycles. The molecule has 0 radical (unpaired) electrons. The Morgan fingerprint density at radius 2 is 2.05 bits per heavy atom. The number of carbonyl (C=O) groups excluding carboxylic acids is 1. The van der Waals surface area contributed by atoms with E-state index in [1.165, 1.54) is 11.8 Å². The van der Waals surface area contributed by atoms with Crippen molar-refractivity contribution < 1.29 is 18.0 Å². The molecule has 0 aliphatic rings. The van der Waals surface area contributed by atoms with Gasteiger partial charge >= 0.3 is 6.18 Å². The van der Waals surface area contributed by atoms with Crippen LogP contribution in [-0.4, -0.2) is 32.6 Å². The van der Waals surface area contributed by atoms with E-state index in [4.69, 9.17) is 0 Å². The van der Waals surface area contributed by atoms with Crippen LogP contribution in [0.25, 0.3) is 0 Å². The van der Waals surface area contributed by atoms with E-state index >= 15 is 0 Å². The first kappa shape index (κ1) is 16.0. The van der Waals surface area contributed by atoms with Gasteiger partial charge in [-0.15, -0.1) is 0 Å². The monoisotopic (exact) mass is 312 g/mol. The van der Waals surface area contributed by atoms with Crippen molar-refractivity contribution in [3.8, 4) is 0 Å². The van der Waals surface area contributed by atoms with Gasteiger partial charge in [0.25, 0.3) is 5.91 Å². The number of rotatable bonds is 3. The molecule has 1 amide bonds. The fourth-order valence-corrected chi connectivity index (χ4v) is 2.05. The second-order valence-corrected chi connectivity index (χ2v) is 5.01. The van der Waals surface area contributed by atoms with E-state index in [0.717, 1.165) is 17.7 Å². The van der Waals surface area contributed by atoms with Gasteiger partial charge in [-0.05, 0) is 19.1 Å². The largest absolute Gasteiger partial charge is 0.433 e. The fourth-order valence-electron chi connectivity index (χ4n) is 2.05. The van der Waals surface area contributed by atoms with Crippen LogP contribution in [0.1, 0.15) is 27.3 Å². The fraction of sp³-hybridized carbons (Fsp3) is 0.357. The number of carbonyl (C=O) groups is 1. The number of hydrogen-bond donors (Lipinski definition) is 0. The van der Waals surface area contributed by atoms with Crippen LogP contribution in [0, 0.1) is 6.92 Å². The molecule has 22 heavy (non-hydrogen) atoms. The van der Waals surface area contributed by atoms with Gasteiger partial charge in [-0.3, -0.25) is 9.48 Å². The van der Waals surface area contributed by atoms with Crippen LogP contribution in [0.15, 0.2) is 24.5 Å². The average Bonchev–Trinajstić information content (AvgIpc) is 2.82. The van der Waals surface area contributed by atoms with E-state index in [1.807, 2.05) is 0 Å². The molecule has 0 N–H and O–H groups in total. The Balaban J connectivity index is 2.18. The van der Waals surface area contributed by atoms with E-state index in [1.54, 1.807) is 31.2 Å². The van der Waals surface area contributed by atoms with Gasteiger partial charge in [0.15, 0.2) is 0 Å². The number of amides is 1. The maximum Gasteiger partial charge on any atom is 0.433 e. The third kappa shape index (κ3) is 3.44. The number of aromatic nitrogens is 3. The summed E-state index contributed by atoms with van der Waals surface area (Å²) in [6.45, 7) is 1.70. The maximum atomic E-state index is 12.6. The molecule has 2 heterocycles. The summed E-state index contributed by atoms with van der Waals surface area (Å²) >= 11 is 0. The van der Waals surface area contributed by atoms with Crippen molar-refractivity contribution in [1.82, 2.24) is 19.7 Å². The average molecular weight is 312 g/mol. The van der Waals surface area contributed by atoms with Gasteiger partial charge in [0.05, 0.1) is 17.5 Å². The third-order valence-corrected chi connectivity index (χ3v) is 3.13. The first-order valence-electron chi connectivity index (χ1n) is 6.46. The predicted molar refractivity (Wildman–Crippen MR) is 73.0 cm³/mol. The highest BCUT2D eigenvalue weighted by Gasteiger charge is 2.33. The second-order valence-electron chi connectivity index (χ2n) is 5.01. The van der Waals surface area contributed by atoms with Gasteiger partial charge in [-0.2, -0.15) is 18.3 Å². The summed E-state index contributed by atoms with van der Waals surface area (Å²) in [5.74, 6) is -0.387. The summed E-state index contributed by atoms with van der Waals surface area (Å²) in [7, 11) is 3.34. The first-order valence-corrected chi connectivity index (χ1v) is 6.46. The summed E-state index contributed by atoms with van der Waals surface area (Å²) in [4.78, 5) is 17.2. The highest BCUT2D eigenvalue weighted by molar-refractivity contribution is 5.95. The van der Waals surface area contributed by atoms with E-state index in [-0.39, 0.29) is 17.2 Å². The number of pyridine rings is 1. The molecule has 0 aliphatic carbocycles. The van der Waals surface area contributed by atoms with Gasteiger partial charge in [-0.25, -0.2) is 4.98 Å². The topological polar surface area (TPSA) is 51.0 Å². The SMILES string of the molecule is Cc1nc(C(F)(F)F)ccc1C(=O)N(C)Cc1cnn(C)c1. The minimum Gasteiger partial charge on any atom is -0.337 e. The molecule has 0 bridgehead atoms. The summed E-state index contributed by atoms with van der Waals surface area (Å²) in [5, 5.41) is 4.00. The van der Waals surface area contributed by atoms with Gasteiger partial charge < -0.3 is 4.90 Å². The zero-order valence-electron chi connectivity index (χ0n) is 12.3. The molecule has 5 nitrogen and oxygen atoms in total. The minimum atomic E-state index is -4.52. The Kier molecular flexibility index (Phi) is 4.20. The number of nitrogens with zero attached hydrogens (tertiary/aromatic N) is 4. The van der Waals surface area contributed by atoms with E-state index < -0.39 is 11.9 Å². The zero-order chi connectivity index (χ0) is 16.5. The Morgan fingerprint density at radius 3 is 2.55 bits per heavy atom. The highest BCUT2D eigenvalue weighted by atomic mass is 19.4. The van der Waals surface area contributed by atoms with E-state index in [9.17, 15) is 18.0 Å². The molecular formula is C14H15F3N4O. The van der Waals surface area contributed by atoms with Crippen LogP contribution in [0.2, 0.25) is 0 Å². The van der Waals surface area contributed by atoms with Crippen molar-refractivity contribution in [2.45, 2.75) is 19.6 Å². The number of halogens is 3. The first-order chi connectivity index (χ1) is 10.2. The lowest BCUT2D eigenvalue weighted by Crippen LogP contribution is -2.27. The van der Waals surface area contributed by atoms with Gasteiger partial charge in [0, 0.05) is 32.4 Å². The molecule has 0 fully saturated rings. The van der Waals surface area contributed by atoms with Crippen molar-refractivity contribution in [1.29, 1.82) is 0 Å². The molecular weight excluding hydrogens is 297 g/mol. The van der Waals surface area contributed by atoms with Gasteiger partial charge in [0.2, 0.25) is 0 Å². The summed E-state index contributed by atoms with van der Waals surface area (Å²) in [6.07, 6.45) is -1.13. The predicted octanol–water partition coefficient (Wildman–Crippen LogP) is 2.41. The van der Waals surface area contributed by atoms with Crippen molar-refractivity contribution in [3.05, 3.63) is 47.0 Å². The van der Waals surface area contributed by atoms with Gasteiger partial charge in [0.1, 0.15) is 5.69 Å². The van der Waals surface area contributed by atoms with Crippen molar-refractivity contribution >= 4 is 5.91 Å². The molecule has 0 spiro atoms. The van der Waals surface area contributed by atoms with E-state index in [0.29, 0.717) is 6.54 Å². The second kappa shape index (κ2) is 5.78. The molecule has 0 saturated carbocycles. The van der Waals surface area contributed by atoms with E-state index in [2.05, 4.69) is 10.1 Å². The number of aryl methyl sites for hydroxylation is 2. The molecule has 2 aromatic rings. The van der Waals surface area contributed by atoms with Crippen molar-refractivity contribution in [3.63, 3.8) is 0 Å². The molecule has 8 heteroatoms. The minimum absolute atomic E-state index is 0.0536.